The fraction of sp³-hybridized carbons (Fsp3) is 0.625. The molecule has 0 radical (unpaired) electrons. The molecule has 1 aliphatic carbocycles. The van der Waals surface area contributed by atoms with Crippen molar-refractivity contribution in [1.82, 2.24) is 0 Å². The quantitative estimate of drug-likeness (QED) is 0.828. The molecule has 3 nitrogen and oxygen atoms in total. The van der Waals surface area contributed by atoms with E-state index in [1.807, 2.05) is 12.1 Å². The van der Waals surface area contributed by atoms with Gasteiger partial charge >= 0.3 is 0 Å². The van der Waals surface area contributed by atoms with Crippen molar-refractivity contribution in [2.75, 3.05) is 30.8 Å². The SMILES string of the molecule is COc1ccc(N2CC3(CCCCCC3)C2)c(N)c1. The van der Waals surface area contributed by atoms with Crippen molar-refractivity contribution >= 4 is 11.4 Å². The summed E-state index contributed by atoms with van der Waals surface area (Å²) >= 11 is 0. The summed E-state index contributed by atoms with van der Waals surface area (Å²) in [7, 11) is 1.68. The third-order valence-electron chi connectivity index (χ3n) is 4.79. The van der Waals surface area contributed by atoms with Gasteiger partial charge in [0.1, 0.15) is 5.75 Å². The maximum absolute atomic E-state index is 6.13. The number of nitrogens with zero attached hydrogens (tertiary/aromatic N) is 1. The molecule has 0 unspecified atom stereocenters. The van der Waals surface area contributed by atoms with Crippen LogP contribution >= 0.6 is 0 Å². The summed E-state index contributed by atoms with van der Waals surface area (Å²) in [5, 5.41) is 0. The molecular weight excluding hydrogens is 236 g/mol. The first-order valence-electron chi connectivity index (χ1n) is 7.41. The summed E-state index contributed by atoms with van der Waals surface area (Å²) in [6.45, 7) is 2.37. The van der Waals surface area contributed by atoms with Crippen LogP contribution in [0.2, 0.25) is 0 Å². The van der Waals surface area contributed by atoms with Crippen molar-refractivity contribution in [2.45, 2.75) is 38.5 Å². The highest BCUT2D eigenvalue weighted by molar-refractivity contribution is 5.70. The van der Waals surface area contributed by atoms with E-state index in [-0.39, 0.29) is 0 Å². The Morgan fingerprint density at radius 2 is 1.79 bits per heavy atom. The Hall–Kier alpha value is -1.38. The molecule has 1 spiro atoms. The molecule has 2 N–H and O–H groups in total. The molecule has 1 saturated heterocycles. The van der Waals surface area contributed by atoms with Crippen LogP contribution in [-0.2, 0) is 0 Å². The summed E-state index contributed by atoms with van der Waals surface area (Å²) < 4.78 is 5.21. The van der Waals surface area contributed by atoms with Gasteiger partial charge in [-0.05, 0) is 25.0 Å². The Kier molecular flexibility index (Phi) is 3.29. The van der Waals surface area contributed by atoms with Crippen LogP contribution in [0.3, 0.4) is 0 Å². The van der Waals surface area contributed by atoms with Gasteiger partial charge in [-0.15, -0.1) is 0 Å². The molecule has 1 aliphatic heterocycles. The summed E-state index contributed by atoms with van der Waals surface area (Å²) in [5.41, 5.74) is 8.73. The van der Waals surface area contributed by atoms with Crippen molar-refractivity contribution in [3.63, 3.8) is 0 Å². The fourth-order valence-corrected chi connectivity index (χ4v) is 3.68. The van der Waals surface area contributed by atoms with Crippen molar-refractivity contribution in [3.05, 3.63) is 18.2 Å². The fourth-order valence-electron chi connectivity index (χ4n) is 3.68. The molecule has 2 fully saturated rings. The van der Waals surface area contributed by atoms with Gasteiger partial charge in [0, 0.05) is 24.6 Å². The van der Waals surface area contributed by atoms with E-state index in [1.165, 1.54) is 57.3 Å². The molecule has 1 aromatic carbocycles. The second-order valence-corrected chi connectivity index (χ2v) is 6.20. The number of nitrogens with two attached hydrogens (primary N) is 1. The van der Waals surface area contributed by atoms with E-state index in [0.29, 0.717) is 5.41 Å². The first-order chi connectivity index (χ1) is 9.22. The van der Waals surface area contributed by atoms with Crippen LogP contribution in [-0.4, -0.2) is 20.2 Å². The molecule has 0 atom stereocenters. The second kappa shape index (κ2) is 4.95. The van der Waals surface area contributed by atoms with E-state index >= 15 is 0 Å². The van der Waals surface area contributed by atoms with Crippen molar-refractivity contribution < 1.29 is 4.74 Å². The van der Waals surface area contributed by atoms with Crippen LogP contribution in [0.25, 0.3) is 0 Å². The second-order valence-electron chi connectivity index (χ2n) is 6.20. The van der Waals surface area contributed by atoms with Crippen LogP contribution in [0.15, 0.2) is 18.2 Å². The average molecular weight is 260 g/mol. The van der Waals surface area contributed by atoms with Crippen molar-refractivity contribution in [2.24, 2.45) is 5.41 Å². The highest BCUT2D eigenvalue weighted by Crippen LogP contribution is 2.46. The lowest BCUT2D eigenvalue weighted by molar-refractivity contribution is 0.181. The number of anilines is 2. The zero-order valence-corrected chi connectivity index (χ0v) is 11.8. The van der Waals surface area contributed by atoms with Gasteiger partial charge in [-0.2, -0.15) is 0 Å². The van der Waals surface area contributed by atoms with Gasteiger partial charge in [0.25, 0.3) is 0 Å². The minimum Gasteiger partial charge on any atom is -0.497 e. The summed E-state index contributed by atoms with van der Waals surface area (Å²) in [4.78, 5) is 2.43. The minimum absolute atomic E-state index is 0.586. The van der Waals surface area contributed by atoms with E-state index in [0.717, 1.165) is 11.4 Å². The molecule has 1 aromatic rings. The number of hydrogen-bond donors (Lipinski definition) is 1. The molecule has 3 rings (SSSR count). The maximum Gasteiger partial charge on any atom is 0.121 e. The third-order valence-corrected chi connectivity index (χ3v) is 4.79. The van der Waals surface area contributed by atoms with Gasteiger partial charge in [0.2, 0.25) is 0 Å². The first kappa shape index (κ1) is 12.6. The van der Waals surface area contributed by atoms with Crippen LogP contribution in [0.5, 0.6) is 5.75 Å². The summed E-state index contributed by atoms with van der Waals surface area (Å²) in [6, 6.07) is 6.02. The molecule has 0 amide bonds. The first-order valence-corrected chi connectivity index (χ1v) is 7.41. The smallest absolute Gasteiger partial charge is 0.121 e. The lowest BCUT2D eigenvalue weighted by Crippen LogP contribution is -2.56. The van der Waals surface area contributed by atoms with E-state index < -0.39 is 0 Å². The van der Waals surface area contributed by atoms with E-state index in [4.69, 9.17) is 10.5 Å². The molecule has 3 heteroatoms. The number of rotatable bonds is 2. The van der Waals surface area contributed by atoms with Gasteiger partial charge < -0.3 is 15.4 Å². The van der Waals surface area contributed by atoms with Crippen LogP contribution in [0.4, 0.5) is 11.4 Å². The predicted molar refractivity (Wildman–Crippen MR) is 79.8 cm³/mol. The highest BCUT2D eigenvalue weighted by atomic mass is 16.5. The van der Waals surface area contributed by atoms with Gasteiger partial charge in [-0.25, -0.2) is 0 Å². The Bertz CT molecular complexity index is 442. The molecular formula is C16H24N2O. The lowest BCUT2D eigenvalue weighted by atomic mass is 9.73. The number of ether oxygens (including phenoxy) is 1. The average Bonchev–Trinajstić information content (AvgIpc) is 2.63. The number of hydrogen-bond acceptors (Lipinski definition) is 3. The zero-order chi connectivity index (χ0) is 13.3. The van der Waals surface area contributed by atoms with Gasteiger partial charge in [-0.1, -0.05) is 25.7 Å². The molecule has 2 aliphatic rings. The third kappa shape index (κ3) is 2.38. The lowest BCUT2D eigenvalue weighted by Gasteiger charge is -2.52. The molecule has 0 aromatic heterocycles. The Morgan fingerprint density at radius 1 is 1.11 bits per heavy atom. The van der Waals surface area contributed by atoms with Crippen LogP contribution in [0.1, 0.15) is 38.5 Å². The predicted octanol–water partition coefficient (Wildman–Crippen LogP) is 3.44. The standard InChI is InChI=1S/C16H24N2O/c1-19-13-6-7-15(14(17)10-13)18-11-16(12-18)8-4-2-3-5-9-16/h6-7,10H,2-5,8-9,11-12,17H2,1H3. The topological polar surface area (TPSA) is 38.5 Å². The van der Waals surface area contributed by atoms with Crippen molar-refractivity contribution in [3.8, 4) is 5.75 Å². The Balaban J connectivity index is 1.69. The summed E-state index contributed by atoms with van der Waals surface area (Å²) in [5.74, 6) is 0.839. The zero-order valence-electron chi connectivity index (χ0n) is 11.8. The van der Waals surface area contributed by atoms with Crippen LogP contribution < -0.4 is 15.4 Å². The Labute approximate surface area is 115 Å². The van der Waals surface area contributed by atoms with Gasteiger partial charge in [0.15, 0.2) is 0 Å². The highest BCUT2D eigenvalue weighted by Gasteiger charge is 2.42. The summed E-state index contributed by atoms with van der Waals surface area (Å²) in [6.07, 6.45) is 8.47. The van der Waals surface area contributed by atoms with E-state index in [9.17, 15) is 0 Å². The molecule has 1 heterocycles. The molecule has 0 bridgehead atoms. The van der Waals surface area contributed by atoms with Gasteiger partial charge in [-0.3, -0.25) is 0 Å². The Morgan fingerprint density at radius 3 is 2.37 bits per heavy atom. The van der Waals surface area contributed by atoms with E-state index in [1.54, 1.807) is 7.11 Å². The molecule has 104 valence electrons. The maximum atomic E-state index is 6.13. The normalized spacial score (nSPS) is 21.8. The number of methoxy groups -OCH3 is 1. The monoisotopic (exact) mass is 260 g/mol. The number of nitrogen functional groups attached to an aromatic ring is 1. The minimum atomic E-state index is 0.586. The van der Waals surface area contributed by atoms with Crippen LogP contribution in [0, 0.1) is 5.41 Å². The van der Waals surface area contributed by atoms with Gasteiger partial charge in [0.05, 0.1) is 18.5 Å². The number of benzene rings is 1. The molecule has 1 saturated carbocycles. The largest absolute Gasteiger partial charge is 0.497 e. The van der Waals surface area contributed by atoms with E-state index in [2.05, 4.69) is 11.0 Å². The van der Waals surface area contributed by atoms with Crippen molar-refractivity contribution in [1.29, 1.82) is 0 Å². The molecule has 19 heavy (non-hydrogen) atoms.